The standard InChI is InChI=1S/C44H44N8O/c1-43(2,3)33-24-26-51(27-25-33)42(53)46-37-21-22-38(31-20-23-40-32(28-31)30-45-50(40)4)39(29-37)41-47-49-52(48-41)44(34-14-8-5-9-15-34,35-16-10-6-11-17-35)36-18-12-7-13-19-36/h5-23,28-30,33H,24-27H2,1-4H3,(H,46,53). The number of anilines is 1. The predicted molar refractivity (Wildman–Crippen MR) is 210 cm³/mol. The molecule has 0 aliphatic carbocycles. The number of carbonyl (C=O) groups is 1. The highest BCUT2D eigenvalue weighted by molar-refractivity contribution is 5.93. The molecule has 9 nitrogen and oxygen atoms in total. The number of hydrogen-bond donors (Lipinski definition) is 1. The maximum atomic E-state index is 13.6. The number of nitrogens with zero attached hydrogens (tertiary/aromatic N) is 7. The van der Waals surface area contributed by atoms with E-state index in [2.05, 4.69) is 85.8 Å². The highest BCUT2D eigenvalue weighted by Gasteiger charge is 2.41. The van der Waals surface area contributed by atoms with Crippen molar-refractivity contribution in [3.05, 3.63) is 150 Å². The third-order valence-electron chi connectivity index (χ3n) is 10.9. The Morgan fingerprint density at radius 3 is 1.92 bits per heavy atom. The number of piperidine rings is 1. The zero-order valence-corrected chi connectivity index (χ0v) is 30.6. The van der Waals surface area contributed by atoms with E-state index in [-0.39, 0.29) is 11.4 Å². The lowest BCUT2D eigenvalue weighted by Gasteiger charge is -2.38. The van der Waals surface area contributed by atoms with Crippen molar-refractivity contribution in [2.75, 3.05) is 18.4 Å². The van der Waals surface area contributed by atoms with Gasteiger partial charge in [-0.25, -0.2) is 4.79 Å². The summed E-state index contributed by atoms with van der Waals surface area (Å²) in [5, 5.41) is 23.5. The molecule has 2 aromatic heterocycles. The summed E-state index contributed by atoms with van der Waals surface area (Å²) >= 11 is 0. The lowest BCUT2D eigenvalue weighted by Crippen LogP contribution is -2.43. The Hall–Kier alpha value is -6.09. The van der Waals surface area contributed by atoms with Crippen LogP contribution in [0.4, 0.5) is 10.5 Å². The van der Waals surface area contributed by atoms with Gasteiger partial charge in [0.25, 0.3) is 0 Å². The molecule has 266 valence electrons. The van der Waals surface area contributed by atoms with Gasteiger partial charge in [-0.15, -0.1) is 15.0 Å². The fourth-order valence-corrected chi connectivity index (χ4v) is 7.89. The van der Waals surface area contributed by atoms with Gasteiger partial charge < -0.3 is 10.2 Å². The second-order valence-electron chi connectivity index (χ2n) is 15.1. The third-order valence-corrected chi connectivity index (χ3v) is 10.9. The Morgan fingerprint density at radius 2 is 1.34 bits per heavy atom. The number of urea groups is 1. The van der Waals surface area contributed by atoms with Crippen LogP contribution in [0.3, 0.4) is 0 Å². The Bertz CT molecular complexity index is 2260. The predicted octanol–water partition coefficient (Wildman–Crippen LogP) is 9.02. The molecular weight excluding hydrogens is 657 g/mol. The minimum absolute atomic E-state index is 0.0966. The monoisotopic (exact) mass is 700 g/mol. The zero-order chi connectivity index (χ0) is 36.6. The van der Waals surface area contributed by atoms with Crippen LogP contribution in [0.25, 0.3) is 33.4 Å². The van der Waals surface area contributed by atoms with E-state index >= 15 is 0 Å². The van der Waals surface area contributed by atoms with Crippen molar-refractivity contribution in [1.82, 2.24) is 34.9 Å². The first-order valence-electron chi connectivity index (χ1n) is 18.3. The fraction of sp³-hybridized carbons (Fsp3) is 0.250. The van der Waals surface area contributed by atoms with Crippen LogP contribution in [0.5, 0.6) is 0 Å². The number of hydrogen-bond acceptors (Lipinski definition) is 5. The molecule has 0 spiro atoms. The molecule has 5 aromatic carbocycles. The summed E-state index contributed by atoms with van der Waals surface area (Å²) in [4.78, 5) is 17.3. The van der Waals surface area contributed by atoms with E-state index < -0.39 is 5.54 Å². The summed E-state index contributed by atoms with van der Waals surface area (Å²) < 4.78 is 1.87. The van der Waals surface area contributed by atoms with Gasteiger partial charge in [0.1, 0.15) is 0 Å². The molecule has 1 fully saturated rings. The summed E-state index contributed by atoms with van der Waals surface area (Å²) in [5.74, 6) is 1.04. The number of carbonyl (C=O) groups excluding carboxylic acids is 1. The van der Waals surface area contributed by atoms with Crippen LogP contribution < -0.4 is 5.32 Å². The zero-order valence-electron chi connectivity index (χ0n) is 30.6. The summed E-state index contributed by atoms with van der Waals surface area (Å²) in [6.07, 6.45) is 3.87. The number of fused-ring (bicyclic) bond motifs is 1. The number of benzene rings is 5. The lowest BCUT2D eigenvalue weighted by atomic mass is 9.75. The molecule has 9 heteroatoms. The minimum Gasteiger partial charge on any atom is -0.325 e. The molecule has 0 atom stereocenters. The molecule has 1 aliphatic rings. The Labute approximate surface area is 310 Å². The second-order valence-corrected chi connectivity index (χ2v) is 15.1. The first-order valence-corrected chi connectivity index (χ1v) is 18.3. The van der Waals surface area contributed by atoms with Gasteiger partial charge in [0.15, 0.2) is 5.54 Å². The van der Waals surface area contributed by atoms with Gasteiger partial charge in [-0.1, -0.05) is 124 Å². The maximum Gasteiger partial charge on any atom is 0.321 e. The van der Waals surface area contributed by atoms with Gasteiger partial charge in [-0.3, -0.25) is 4.68 Å². The van der Waals surface area contributed by atoms with Crippen molar-refractivity contribution >= 4 is 22.6 Å². The van der Waals surface area contributed by atoms with E-state index in [1.807, 2.05) is 95.6 Å². The first-order chi connectivity index (χ1) is 25.7. The molecule has 1 saturated heterocycles. The van der Waals surface area contributed by atoms with Crippen LogP contribution in [0, 0.1) is 11.3 Å². The van der Waals surface area contributed by atoms with Crippen molar-refractivity contribution in [3.8, 4) is 22.5 Å². The molecule has 0 bridgehead atoms. The van der Waals surface area contributed by atoms with Crippen molar-refractivity contribution in [2.45, 2.75) is 39.2 Å². The van der Waals surface area contributed by atoms with Crippen LogP contribution in [0.1, 0.15) is 50.3 Å². The van der Waals surface area contributed by atoms with Crippen molar-refractivity contribution in [3.63, 3.8) is 0 Å². The minimum atomic E-state index is -0.922. The molecule has 3 heterocycles. The average Bonchev–Trinajstić information content (AvgIpc) is 3.83. The second kappa shape index (κ2) is 13.8. The van der Waals surface area contributed by atoms with E-state index in [0.717, 1.165) is 70.2 Å². The normalized spacial score (nSPS) is 14.1. The third kappa shape index (κ3) is 6.37. The van der Waals surface area contributed by atoms with E-state index in [9.17, 15) is 4.79 Å². The summed E-state index contributed by atoms with van der Waals surface area (Å²) in [7, 11) is 1.94. The fourth-order valence-electron chi connectivity index (χ4n) is 7.89. The molecule has 0 unspecified atom stereocenters. The summed E-state index contributed by atoms with van der Waals surface area (Å²) in [6.45, 7) is 8.34. The van der Waals surface area contributed by atoms with Crippen LogP contribution in [-0.2, 0) is 12.6 Å². The maximum absolute atomic E-state index is 13.6. The van der Waals surface area contributed by atoms with Crippen molar-refractivity contribution < 1.29 is 4.79 Å². The Balaban J connectivity index is 1.24. The largest absolute Gasteiger partial charge is 0.325 e. The van der Waals surface area contributed by atoms with Gasteiger partial charge in [-0.2, -0.15) is 5.10 Å². The Morgan fingerprint density at radius 1 is 0.736 bits per heavy atom. The van der Waals surface area contributed by atoms with E-state index in [1.165, 1.54) is 0 Å². The molecule has 53 heavy (non-hydrogen) atoms. The van der Waals surface area contributed by atoms with Crippen LogP contribution in [-0.4, -0.2) is 54.0 Å². The number of aryl methyl sites for hydroxylation is 1. The molecular formula is C44H44N8O. The molecule has 1 N–H and O–H groups in total. The molecule has 2 amide bonds. The van der Waals surface area contributed by atoms with Gasteiger partial charge in [0.2, 0.25) is 5.82 Å². The van der Waals surface area contributed by atoms with E-state index in [0.29, 0.717) is 17.4 Å². The number of likely N-dealkylation sites (tertiary alicyclic amines) is 1. The summed E-state index contributed by atoms with van der Waals surface area (Å²) in [6, 6.07) is 43.1. The van der Waals surface area contributed by atoms with Crippen LogP contribution in [0.2, 0.25) is 0 Å². The first kappa shape index (κ1) is 34.0. The number of rotatable bonds is 7. The van der Waals surface area contributed by atoms with Gasteiger partial charge in [-0.05, 0) is 81.5 Å². The highest BCUT2D eigenvalue weighted by atomic mass is 16.2. The summed E-state index contributed by atoms with van der Waals surface area (Å²) in [5.41, 5.74) is 6.68. The molecule has 0 radical (unpaired) electrons. The quantitative estimate of drug-likeness (QED) is 0.168. The SMILES string of the molecule is Cn1ncc2cc(-c3ccc(NC(=O)N4CCC(C(C)(C)C)CC4)cc3-c3nnn(C(c4ccccc4)(c4ccccc4)c4ccccc4)n3)ccc21. The number of tetrazole rings is 1. The lowest BCUT2D eigenvalue weighted by molar-refractivity contribution is 0.128. The smallest absolute Gasteiger partial charge is 0.321 e. The Kier molecular flexibility index (Phi) is 8.86. The number of nitrogens with one attached hydrogen (secondary N) is 1. The molecule has 8 rings (SSSR count). The number of amides is 2. The van der Waals surface area contributed by atoms with Gasteiger partial charge >= 0.3 is 6.03 Å². The van der Waals surface area contributed by atoms with Crippen molar-refractivity contribution in [2.24, 2.45) is 18.4 Å². The molecule has 0 saturated carbocycles. The average molecular weight is 701 g/mol. The van der Waals surface area contributed by atoms with Crippen LogP contribution in [0.15, 0.2) is 134 Å². The van der Waals surface area contributed by atoms with E-state index in [4.69, 9.17) is 15.4 Å². The van der Waals surface area contributed by atoms with Crippen LogP contribution >= 0.6 is 0 Å². The molecule has 1 aliphatic heterocycles. The topological polar surface area (TPSA) is 93.8 Å². The van der Waals surface area contributed by atoms with Gasteiger partial charge in [0.05, 0.1) is 11.7 Å². The van der Waals surface area contributed by atoms with E-state index in [1.54, 1.807) is 4.80 Å². The van der Waals surface area contributed by atoms with Gasteiger partial charge in [0, 0.05) is 36.8 Å². The number of aromatic nitrogens is 6. The van der Waals surface area contributed by atoms with Crippen molar-refractivity contribution in [1.29, 1.82) is 0 Å². The highest BCUT2D eigenvalue weighted by Crippen LogP contribution is 2.41. The molecule has 7 aromatic rings.